The minimum Gasteiger partial charge on any atom is -0.363 e. The molecule has 146 valence electrons. The molecule has 3 rings (SSSR count). The Morgan fingerprint density at radius 2 is 2.32 bits per heavy atom. The summed E-state index contributed by atoms with van der Waals surface area (Å²) in [5.74, 6) is -0.0416. The highest BCUT2D eigenvalue weighted by atomic mass is 19.1. The van der Waals surface area contributed by atoms with Crippen LogP contribution in [0, 0.1) is 12.7 Å². The number of nitrogens with one attached hydrogen (secondary N) is 2. The van der Waals surface area contributed by atoms with Crippen molar-refractivity contribution < 1.29 is 9.18 Å². The molecule has 8 heteroatoms. The van der Waals surface area contributed by atoms with E-state index in [1.165, 1.54) is 0 Å². The number of amides is 1. The smallest absolute Gasteiger partial charge is 0.246 e. The molecule has 1 fully saturated rings. The van der Waals surface area contributed by atoms with E-state index in [0.29, 0.717) is 12.5 Å². The highest BCUT2D eigenvalue weighted by Crippen LogP contribution is 2.20. The lowest BCUT2D eigenvalue weighted by atomic mass is 10.0. The number of likely N-dealkylation sites (tertiary alicyclic amines) is 1. The van der Waals surface area contributed by atoms with Crippen molar-refractivity contribution in [1.29, 1.82) is 0 Å². The monoisotopic (exact) mass is 381 g/mol. The standard InChI is InChI=1S/C20H25BFN5O/c1-14-5-2-6-15(11-14)25-20-23-12-17(22)19(26-20)24-16-7-4-10-27(13-16)18(28)8-3-9-21/h2-3,5-6,8,11-12,16H,4,7,9-10,13,21H2,1H3,(H2,23,24,25,26)/b8-3+/t16-/m1/s1. The van der Waals surface area contributed by atoms with Crippen molar-refractivity contribution in [2.24, 2.45) is 0 Å². The molecule has 0 spiro atoms. The van der Waals surface area contributed by atoms with Gasteiger partial charge in [0.25, 0.3) is 0 Å². The first-order chi connectivity index (χ1) is 13.5. The molecule has 2 heterocycles. The summed E-state index contributed by atoms with van der Waals surface area (Å²) in [4.78, 5) is 22.3. The van der Waals surface area contributed by atoms with Gasteiger partial charge in [-0.1, -0.05) is 24.5 Å². The van der Waals surface area contributed by atoms with Crippen LogP contribution in [0.4, 0.5) is 21.8 Å². The first-order valence-corrected chi connectivity index (χ1v) is 9.63. The lowest BCUT2D eigenvalue weighted by molar-refractivity contribution is -0.127. The summed E-state index contributed by atoms with van der Waals surface area (Å²) in [6.07, 6.45) is 7.16. The van der Waals surface area contributed by atoms with Gasteiger partial charge in [0.15, 0.2) is 11.6 Å². The fourth-order valence-corrected chi connectivity index (χ4v) is 3.19. The van der Waals surface area contributed by atoms with Crippen LogP contribution >= 0.6 is 0 Å². The predicted molar refractivity (Wildman–Crippen MR) is 112 cm³/mol. The molecular formula is C20H25BFN5O. The Morgan fingerprint density at radius 1 is 1.46 bits per heavy atom. The topological polar surface area (TPSA) is 70.2 Å². The van der Waals surface area contributed by atoms with Gasteiger partial charge in [0, 0.05) is 24.8 Å². The van der Waals surface area contributed by atoms with E-state index in [-0.39, 0.29) is 17.8 Å². The van der Waals surface area contributed by atoms with E-state index in [0.717, 1.165) is 43.2 Å². The Morgan fingerprint density at radius 3 is 3.11 bits per heavy atom. The van der Waals surface area contributed by atoms with Crippen molar-refractivity contribution in [3.05, 3.63) is 54.0 Å². The third-order valence-electron chi connectivity index (χ3n) is 4.59. The molecule has 1 atom stereocenters. The van der Waals surface area contributed by atoms with Gasteiger partial charge in [-0.2, -0.15) is 4.98 Å². The lowest BCUT2D eigenvalue weighted by Crippen LogP contribution is -2.44. The second kappa shape index (κ2) is 9.35. The predicted octanol–water partition coefficient (Wildman–Crippen LogP) is 2.68. The highest BCUT2D eigenvalue weighted by Gasteiger charge is 2.23. The average Bonchev–Trinajstić information content (AvgIpc) is 2.69. The van der Waals surface area contributed by atoms with Crippen molar-refractivity contribution in [2.75, 3.05) is 23.7 Å². The fourth-order valence-electron chi connectivity index (χ4n) is 3.19. The van der Waals surface area contributed by atoms with Crippen LogP contribution in [0.2, 0.25) is 6.32 Å². The third kappa shape index (κ3) is 5.31. The molecule has 2 N–H and O–H groups in total. The number of carbonyl (C=O) groups is 1. The van der Waals surface area contributed by atoms with Gasteiger partial charge in [0.1, 0.15) is 7.85 Å². The maximum atomic E-state index is 14.2. The molecule has 6 nitrogen and oxygen atoms in total. The number of piperidine rings is 1. The van der Waals surface area contributed by atoms with E-state index < -0.39 is 5.82 Å². The number of halogens is 1. The third-order valence-corrected chi connectivity index (χ3v) is 4.59. The molecule has 1 aromatic carbocycles. The maximum absolute atomic E-state index is 14.2. The molecule has 1 aromatic heterocycles. The van der Waals surface area contributed by atoms with Crippen LogP contribution in [-0.2, 0) is 4.79 Å². The fraction of sp³-hybridized carbons (Fsp3) is 0.350. The molecule has 0 unspecified atom stereocenters. The summed E-state index contributed by atoms with van der Waals surface area (Å²) < 4.78 is 14.2. The number of aryl methyl sites for hydroxylation is 1. The molecule has 2 aromatic rings. The summed E-state index contributed by atoms with van der Waals surface area (Å²) in [6.45, 7) is 3.24. The molecule has 0 radical (unpaired) electrons. The highest BCUT2D eigenvalue weighted by molar-refractivity contribution is 6.10. The minimum absolute atomic E-state index is 0.00156. The molecule has 1 aliphatic heterocycles. The van der Waals surface area contributed by atoms with Crippen LogP contribution in [0.5, 0.6) is 0 Å². The molecule has 1 saturated heterocycles. The normalized spacial score (nSPS) is 16.9. The quantitative estimate of drug-likeness (QED) is 0.595. The number of rotatable bonds is 6. The summed E-state index contributed by atoms with van der Waals surface area (Å²) in [6, 6.07) is 7.75. The number of benzene rings is 1. The van der Waals surface area contributed by atoms with Gasteiger partial charge in [0.2, 0.25) is 11.9 Å². The van der Waals surface area contributed by atoms with E-state index in [1.807, 2.05) is 45.1 Å². The summed E-state index contributed by atoms with van der Waals surface area (Å²) in [5, 5.41) is 6.24. The van der Waals surface area contributed by atoms with Gasteiger partial charge >= 0.3 is 0 Å². The van der Waals surface area contributed by atoms with Crippen LogP contribution in [0.25, 0.3) is 0 Å². The van der Waals surface area contributed by atoms with Gasteiger partial charge in [-0.15, -0.1) is 0 Å². The molecule has 1 aliphatic rings. The van der Waals surface area contributed by atoms with Crippen LogP contribution in [-0.4, -0.2) is 47.8 Å². The van der Waals surface area contributed by atoms with Crippen LogP contribution in [0.1, 0.15) is 18.4 Å². The summed E-state index contributed by atoms with van der Waals surface area (Å²) in [7, 11) is 1.99. The zero-order valence-electron chi connectivity index (χ0n) is 16.3. The average molecular weight is 381 g/mol. The van der Waals surface area contributed by atoms with E-state index in [9.17, 15) is 9.18 Å². The molecule has 0 saturated carbocycles. The number of carbonyl (C=O) groups excluding carboxylic acids is 1. The van der Waals surface area contributed by atoms with Crippen LogP contribution in [0.15, 0.2) is 42.6 Å². The van der Waals surface area contributed by atoms with Crippen LogP contribution < -0.4 is 10.6 Å². The summed E-state index contributed by atoms with van der Waals surface area (Å²) in [5.41, 5.74) is 1.95. The largest absolute Gasteiger partial charge is 0.363 e. The maximum Gasteiger partial charge on any atom is 0.246 e. The van der Waals surface area contributed by atoms with Gasteiger partial charge in [0.05, 0.1) is 6.20 Å². The van der Waals surface area contributed by atoms with Crippen molar-refractivity contribution >= 4 is 31.2 Å². The van der Waals surface area contributed by atoms with E-state index in [1.54, 1.807) is 11.0 Å². The van der Waals surface area contributed by atoms with Gasteiger partial charge in [-0.05, 0) is 43.5 Å². The first kappa shape index (κ1) is 19.9. The van der Waals surface area contributed by atoms with Gasteiger partial charge < -0.3 is 15.5 Å². The first-order valence-electron chi connectivity index (χ1n) is 9.63. The Kier molecular flexibility index (Phi) is 6.63. The van der Waals surface area contributed by atoms with Crippen molar-refractivity contribution in [2.45, 2.75) is 32.1 Å². The Bertz CT molecular complexity index is 860. The van der Waals surface area contributed by atoms with Crippen molar-refractivity contribution in [1.82, 2.24) is 14.9 Å². The second-order valence-corrected chi connectivity index (χ2v) is 6.96. The van der Waals surface area contributed by atoms with Gasteiger partial charge in [-0.25, -0.2) is 9.37 Å². The minimum atomic E-state index is -0.510. The molecule has 0 aliphatic carbocycles. The van der Waals surface area contributed by atoms with E-state index in [4.69, 9.17) is 0 Å². The van der Waals surface area contributed by atoms with E-state index >= 15 is 0 Å². The van der Waals surface area contributed by atoms with Crippen molar-refractivity contribution in [3.8, 4) is 0 Å². The number of allylic oxidation sites excluding steroid dienone is 1. The van der Waals surface area contributed by atoms with Crippen LogP contribution in [0.3, 0.4) is 0 Å². The lowest BCUT2D eigenvalue weighted by Gasteiger charge is -2.32. The molecule has 0 bridgehead atoms. The molecule has 1 amide bonds. The zero-order chi connectivity index (χ0) is 19.9. The number of aromatic nitrogens is 2. The van der Waals surface area contributed by atoms with E-state index in [2.05, 4.69) is 20.6 Å². The Labute approximate surface area is 165 Å². The zero-order valence-corrected chi connectivity index (χ0v) is 16.3. The number of anilines is 3. The SMILES string of the molecule is BC/C=C/C(=O)N1CCC[C@@H](Nc2nc(Nc3cccc(C)c3)ncc2F)C1. The Balaban J connectivity index is 1.68. The number of nitrogens with zero attached hydrogens (tertiary/aromatic N) is 3. The second-order valence-electron chi connectivity index (χ2n) is 6.96. The molecular weight excluding hydrogens is 356 g/mol. The number of hydrogen-bond donors (Lipinski definition) is 2. The molecule has 28 heavy (non-hydrogen) atoms. The Hall–Kier alpha value is -2.90. The van der Waals surface area contributed by atoms with Crippen molar-refractivity contribution in [3.63, 3.8) is 0 Å². The number of hydrogen-bond acceptors (Lipinski definition) is 5. The summed E-state index contributed by atoms with van der Waals surface area (Å²) >= 11 is 0. The van der Waals surface area contributed by atoms with Gasteiger partial charge in [-0.3, -0.25) is 4.79 Å².